The predicted molar refractivity (Wildman–Crippen MR) is 83.0 cm³/mol. The summed E-state index contributed by atoms with van der Waals surface area (Å²) < 4.78 is 0. The first-order chi connectivity index (χ1) is 8.20. The van der Waals surface area contributed by atoms with Crippen LogP contribution < -0.4 is 0 Å². The van der Waals surface area contributed by atoms with Crippen molar-refractivity contribution in [2.24, 2.45) is 11.3 Å². The first-order valence-corrected chi connectivity index (χ1v) is 7.47. The third-order valence-corrected chi connectivity index (χ3v) is 4.60. The van der Waals surface area contributed by atoms with Crippen LogP contribution in [0.15, 0.2) is 18.2 Å². The Labute approximate surface area is 126 Å². The summed E-state index contributed by atoms with van der Waals surface area (Å²) in [6.07, 6.45) is 1.84. The molecule has 0 nitrogen and oxygen atoms in total. The summed E-state index contributed by atoms with van der Waals surface area (Å²) in [5.41, 5.74) is 1.44. The Kier molecular flexibility index (Phi) is 5.83. The van der Waals surface area contributed by atoms with Crippen molar-refractivity contribution in [2.75, 3.05) is 0 Å². The molecule has 3 heteroatoms. The van der Waals surface area contributed by atoms with E-state index < -0.39 is 0 Å². The molecule has 0 saturated carbocycles. The van der Waals surface area contributed by atoms with Gasteiger partial charge in [0.15, 0.2) is 0 Å². The van der Waals surface area contributed by atoms with Crippen LogP contribution in [0.5, 0.6) is 0 Å². The first-order valence-electron chi connectivity index (χ1n) is 6.28. The largest absolute Gasteiger partial charge is 0.123 e. The molecule has 0 N–H and O–H groups in total. The van der Waals surface area contributed by atoms with Crippen molar-refractivity contribution >= 4 is 34.8 Å². The highest BCUT2D eigenvalue weighted by molar-refractivity contribution is 6.42. The lowest BCUT2D eigenvalue weighted by molar-refractivity contribution is 0.244. The van der Waals surface area contributed by atoms with Crippen LogP contribution in [0.2, 0.25) is 10.0 Å². The van der Waals surface area contributed by atoms with Crippen molar-refractivity contribution in [3.05, 3.63) is 33.8 Å². The van der Waals surface area contributed by atoms with Gasteiger partial charge in [-0.15, -0.1) is 11.6 Å². The van der Waals surface area contributed by atoms with Gasteiger partial charge in [0, 0.05) is 5.38 Å². The smallest absolute Gasteiger partial charge is 0.0595 e. The first kappa shape index (κ1) is 16.1. The Hall–Kier alpha value is 0.0900. The summed E-state index contributed by atoms with van der Waals surface area (Å²) in [5.74, 6) is 0.586. The van der Waals surface area contributed by atoms with E-state index in [0.717, 1.165) is 18.4 Å². The van der Waals surface area contributed by atoms with Crippen LogP contribution in [-0.4, -0.2) is 5.38 Å². The zero-order valence-electron chi connectivity index (χ0n) is 11.4. The van der Waals surface area contributed by atoms with E-state index in [1.165, 1.54) is 0 Å². The lowest BCUT2D eigenvalue weighted by Gasteiger charge is -2.29. The SMILES string of the molecule is CC(CC(Cl)Cc1ccc(Cl)c(Cl)c1)C(C)(C)C. The van der Waals surface area contributed by atoms with Crippen LogP contribution in [0, 0.1) is 11.3 Å². The number of rotatable bonds is 4. The average Bonchev–Trinajstić information content (AvgIpc) is 2.22. The fourth-order valence-corrected chi connectivity index (χ4v) is 2.51. The Morgan fingerprint density at radius 2 is 1.72 bits per heavy atom. The summed E-state index contributed by atoms with van der Waals surface area (Å²) in [6.45, 7) is 9.01. The Bertz CT molecular complexity index is 393. The summed E-state index contributed by atoms with van der Waals surface area (Å²) in [5, 5.41) is 1.33. The number of hydrogen-bond donors (Lipinski definition) is 0. The molecular weight excluding hydrogens is 287 g/mol. The van der Waals surface area contributed by atoms with Gasteiger partial charge in [0.1, 0.15) is 0 Å². The fourth-order valence-electron chi connectivity index (χ4n) is 1.74. The zero-order chi connectivity index (χ0) is 13.9. The van der Waals surface area contributed by atoms with Crippen molar-refractivity contribution in [3.63, 3.8) is 0 Å². The number of halogens is 3. The Morgan fingerprint density at radius 1 is 1.11 bits per heavy atom. The third-order valence-electron chi connectivity index (χ3n) is 3.53. The molecule has 0 heterocycles. The summed E-state index contributed by atoms with van der Waals surface area (Å²) >= 11 is 18.3. The fraction of sp³-hybridized carbons (Fsp3) is 0.600. The zero-order valence-corrected chi connectivity index (χ0v) is 13.7. The molecular formula is C15H21Cl3. The maximum Gasteiger partial charge on any atom is 0.0595 e. The average molecular weight is 308 g/mol. The van der Waals surface area contributed by atoms with Gasteiger partial charge in [-0.25, -0.2) is 0 Å². The van der Waals surface area contributed by atoms with E-state index in [-0.39, 0.29) is 5.38 Å². The highest BCUT2D eigenvalue weighted by Crippen LogP contribution is 2.31. The molecule has 2 atom stereocenters. The van der Waals surface area contributed by atoms with E-state index in [9.17, 15) is 0 Å². The summed E-state index contributed by atoms with van der Waals surface area (Å²) in [6, 6.07) is 5.72. The quantitative estimate of drug-likeness (QED) is 0.580. The molecule has 0 saturated heterocycles. The molecule has 0 aliphatic rings. The molecule has 0 aromatic heterocycles. The van der Waals surface area contributed by atoms with Gasteiger partial charge in [0.05, 0.1) is 10.0 Å². The lowest BCUT2D eigenvalue weighted by atomic mass is 9.79. The topological polar surface area (TPSA) is 0 Å². The van der Waals surface area contributed by atoms with E-state index in [2.05, 4.69) is 27.7 Å². The molecule has 0 aliphatic carbocycles. The summed E-state index contributed by atoms with van der Waals surface area (Å²) in [7, 11) is 0. The molecule has 0 amide bonds. The number of benzene rings is 1. The standard InChI is InChI=1S/C15H21Cl3/c1-10(15(2,3)4)7-12(16)8-11-5-6-13(17)14(18)9-11/h5-6,9-10,12H,7-8H2,1-4H3. The van der Waals surface area contributed by atoms with Gasteiger partial charge in [-0.05, 0) is 41.9 Å². The predicted octanol–water partition coefficient (Wildman–Crippen LogP) is 6.22. The molecule has 1 aromatic carbocycles. The van der Waals surface area contributed by atoms with Crippen molar-refractivity contribution in [2.45, 2.75) is 45.9 Å². The highest BCUT2D eigenvalue weighted by atomic mass is 35.5. The van der Waals surface area contributed by atoms with Crippen LogP contribution >= 0.6 is 34.8 Å². The van der Waals surface area contributed by atoms with E-state index in [1.807, 2.05) is 18.2 Å². The van der Waals surface area contributed by atoms with Gasteiger partial charge in [0.25, 0.3) is 0 Å². The minimum Gasteiger partial charge on any atom is -0.123 e. The van der Waals surface area contributed by atoms with Gasteiger partial charge in [-0.3, -0.25) is 0 Å². The normalized spacial score (nSPS) is 15.5. The van der Waals surface area contributed by atoms with E-state index in [1.54, 1.807) is 0 Å². The lowest BCUT2D eigenvalue weighted by Crippen LogP contribution is -2.21. The number of alkyl halides is 1. The Balaban J connectivity index is 2.59. The van der Waals surface area contributed by atoms with Crippen molar-refractivity contribution < 1.29 is 0 Å². The maximum absolute atomic E-state index is 6.43. The molecule has 1 aromatic rings. The molecule has 0 fully saturated rings. The third kappa shape index (κ3) is 4.99. The van der Waals surface area contributed by atoms with Crippen LogP contribution in [0.25, 0.3) is 0 Å². The second-order valence-electron chi connectivity index (χ2n) is 6.05. The van der Waals surface area contributed by atoms with E-state index in [0.29, 0.717) is 21.4 Å². The molecule has 18 heavy (non-hydrogen) atoms. The van der Waals surface area contributed by atoms with Gasteiger partial charge in [-0.2, -0.15) is 0 Å². The van der Waals surface area contributed by atoms with Gasteiger partial charge in [0.2, 0.25) is 0 Å². The van der Waals surface area contributed by atoms with Crippen LogP contribution in [-0.2, 0) is 6.42 Å². The molecule has 102 valence electrons. The summed E-state index contributed by atoms with van der Waals surface area (Å²) in [4.78, 5) is 0. The second kappa shape index (κ2) is 6.50. The molecule has 2 unspecified atom stereocenters. The number of hydrogen-bond acceptors (Lipinski definition) is 0. The van der Waals surface area contributed by atoms with Gasteiger partial charge in [-0.1, -0.05) is 57.0 Å². The van der Waals surface area contributed by atoms with Crippen LogP contribution in [0.1, 0.15) is 39.7 Å². The van der Waals surface area contributed by atoms with Crippen LogP contribution in [0.3, 0.4) is 0 Å². The molecule has 0 aliphatic heterocycles. The van der Waals surface area contributed by atoms with Crippen molar-refractivity contribution in [1.29, 1.82) is 0 Å². The second-order valence-corrected chi connectivity index (χ2v) is 7.48. The molecule has 0 radical (unpaired) electrons. The molecule has 0 spiro atoms. The highest BCUT2D eigenvalue weighted by Gasteiger charge is 2.22. The minimum absolute atomic E-state index is 0.136. The maximum atomic E-state index is 6.43. The van der Waals surface area contributed by atoms with Crippen molar-refractivity contribution in [1.82, 2.24) is 0 Å². The van der Waals surface area contributed by atoms with Gasteiger partial charge < -0.3 is 0 Å². The molecule has 0 bridgehead atoms. The van der Waals surface area contributed by atoms with Gasteiger partial charge >= 0.3 is 0 Å². The van der Waals surface area contributed by atoms with Crippen molar-refractivity contribution in [3.8, 4) is 0 Å². The molecule has 1 rings (SSSR count). The Morgan fingerprint density at radius 3 is 2.22 bits per heavy atom. The van der Waals surface area contributed by atoms with E-state index in [4.69, 9.17) is 34.8 Å². The van der Waals surface area contributed by atoms with Crippen LogP contribution in [0.4, 0.5) is 0 Å². The monoisotopic (exact) mass is 306 g/mol. The minimum atomic E-state index is 0.136. The van der Waals surface area contributed by atoms with E-state index >= 15 is 0 Å².